The molecule has 1 atom stereocenters. The monoisotopic (exact) mass is 343 g/mol. The third kappa shape index (κ3) is 4.16. The van der Waals surface area contributed by atoms with E-state index in [-0.39, 0.29) is 22.3 Å². The lowest BCUT2D eigenvalue weighted by Gasteiger charge is -2.11. The second kappa shape index (κ2) is 6.88. The Morgan fingerprint density at radius 3 is 2.95 bits per heavy atom. The number of hydrogen-bond acceptors (Lipinski definition) is 6. The Balaban J connectivity index is 2.08. The number of nitro benzene ring substituents is 1. The molecule has 1 unspecified atom stereocenters. The number of amides is 1. The van der Waals surface area contributed by atoms with Crippen molar-refractivity contribution in [3.63, 3.8) is 0 Å². The average molecular weight is 344 g/mol. The van der Waals surface area contributed by atoms with Gasteiger partial charge >= 0.3 is 0 Å². The van der Waals surface area contributed by atoms with Crippen LogP contribution < -0.4 is 5.32 Å². The summed E-state index contributed by atoms with van der Waals surface area (Å²) in [5.74, 6) is -0.294. The molecule has 21 heavy (non-hydrogen) atoms. The number of carbonyl (C=O) groups excluding carboxylic acids is 1. The molecule has 1 aromatic heterocycles. The van der Waals surface area contributed by atoms with E-state index in [4.69, 9.17) is 11.6 Å². The number of benzene rings is 1. The van der Waals surface area contributed by atoms with Crippen LogP contribution in [-0.2, 0) is 4.79 Å². The van der Waals surface area contributed by atoms with Gasteiger partial charge in [-0.25, -0.2) is 4.98 Å². The fourth-order valence-electron chi connectivity index (χ4n) is 1.43. The van der Waals surface area contributed by atoms with Crippen LogP contribution in [0.25, 0.3) is 0 Å². The van der Waals surface area contributed by atoms with Crippen LogP contribution in [0.2, 0.25) is 5.02 Å². The van der Waals surface area contributed by atoms with E-state index in [0.717, 1.165) is 4.34 Å². The van der Waals surface area contributed by atoms with Crippen molar-refractivity contribution in [3.8, 4) is 0 Å². The van der Waals surface area contributed by atoms with E-state index in [0.29, 0.717) is 0 Å². The number of hydrogen-bond donors (Lipinski definition) is 1. The quantitative estimate of drug-likeness (QED) is 0.506. The SMILES string of the molecule is CC(Sc1nccs1)C(=O)Nc1cc([N+](=O)[O-])ccc1Cl. The van der Waals surface area contributed by atoms with Crippen LogP contribution in [0, 0.1) is 10.1 Å². The molecular weight excluding hydrogens is 334 g/mol. The van der Waals surface area contributed by atoms with Gasteiger partial charge in [-0.1, -0.05) is 23.4 Å². The van der Waals surface area contributed by atoms with Crippen LogP contribution in [0.15, 0.2) is 34.1 Å². The van der Waals surface area contributed by atoms with Gasteiger partial charge in [0.25, 0.3) is 5.69 Å². The minimum Gasteiger partial charge on any atom is -0.324 e. The Kier molecular flexibility index (Phi) is 5.16. The molecule has 2 aromatic rings. The molecule has 6 nitrogen and oxygen atoms in total. The van der Waals surface area contributed by atoms with E-state index in [2.05, 4.69) is 10.3 Å². The van der Waals surface area contributed by atoms with Crippen molar-refractivity contribution in [1.82, 2.24) is 4.98 Å². The van der Waals surface area contributed by atoms with E-state index < -0.39 is 10.2 Å². The first-order chi connectivity index (χ1) is 9.97. The maximum absolute atomic E-state index is 12.1. The highest BCUT2D eigenvalue weighted by atomic mass is 35.5. The average Bonchev–Trinajstić information content (AvgIpc) is 2.93. The van der Waals surface area contributed by atoms with E-state index in [1.165, 1.54) is 41.3 Å². The number of nitrogens with one attached hydrogen (secondary N) is 1. The topological polar surface area (TPSA) is 85.1 Å². The molecule has 0 aliphatic rings. The summed E-state index contributed by atoms with van der Waals surface area (Å²) < 4.78 is 0.780. The summed E-state index contributed by atoms with van der Waals surface area (Å²) >= 11 is 8.69. The predicted octanol–water partition coefficient (Wildman–Crippen LogP) is 3.82. The molecular formula is C12H10ClN3O3S2. The molecule has 9 heteroatoms. The third-order valence-electron chi connectivity index (χ3n) is 2.48. The zero-order valence-corrected chi connectivity index (χ0v) is 13.2. The Bertz CT molecular complexity index is 664. The van der Waals surface area contributed by atoms with Crippen LogP contribution in [0.1, 0.15) is 6.92 Å². The van der Waals surface area contributed by atoms with Gasteiger partial charge in [-0.05, 0) is 13.0 Å². The molecule has 110 valence electrons. The number of aromatic nitrogens is 1. The van der Waals surface area contributed by atoms with Crippen LogP contribution in [0.5, 0.6) is 0 Å². The minimum absolute atomic E-state index is 0.130. The van der Waals surface area contributed by atoms with Gasteiger partial charge in [0, 0.05) is 23.7 Å². The van der Waals surface area contributed by atoms with Crippen LogP contribution >= 0.6 is 34.7 Å². The number of nitro groups is 1. The molecule has 0 spiro atoms. The van der Waals surface area contributed by atoms with Gasteiger partial charge in [-0.3, -0.25) is 14.9 Å². The molecule has 1 N–H and O–H groups in total. The molecule has 0 aliphatic carbocycles. The number of rotatable bonds is 5. The van der Waals surface area contributed by atoms with Gasteiger partial charge < -0.3 is 5.32 Å². The fraction of sp³-hybridized carbons (Fsp3) is 0.167. The summed E-state index contributed by atoms with van der Waals surface area (Å²) in [5, 5.41) is 15.0. The Morgan fingerprint density at radius 1 is 1.57 bits per heavy atom. The first-order valence-corrected chi connectivity index (χ1v) is 7.92. The molecule has 1 aromatic carbocycles. The highest BCUT2D eigenvalue weighted by Gasteiger charge is 2.18. The smallest absolute Gasteiger partial charge is 0.271 e. The zero-order chi connectivity index (χ0) is 15.4. The Hall–Kier alpha value is -1.64. The summed E-state index contributed by atoms with van der Waals surface area (Å²) in [6.07, 6.45) is 1.66. The van der Waals surface area contributed by atoms with Crippen molar-refractivity contribution < 1.29 is 9.72 Å². The number of halogens is 1. The van der Waals surface area contributed by atoms with Crippen molar-refractivity contribution in [2.45, 2.75) is 16.5 Å². The molecule has 0 radical (unpaired) electrons. The maximum atomic E-state index is 12.1. The molecule has 0 saturated carbocycles. The van der Waals surface area contributed by atoms with E-state index in [1.807, 2.05) is 5.38 Å². The number of thiazole rings is 1. The molecule has 1 heterocycles. The van der Waals surface area contributed by atoms with E-state index in [1.54, 1.807) is 13.1 Å². The van der Waals surface area contributed by atoms with Crippen molar-refractivity contribution in [2.24, 2.45) is 0 Å². The largest absolute Gasteiger partial charge is 0.324 e. The maximum Gasteiger partial charge on any atom is 0.271 e. The van der Waals surface area contributed by atoms with Gasteiger partial charge in [-0.2, -0.15) is 0 Å². The van der Waals surface area contributed by atoms with Gasteiger partial charge in [0.15, 0.2) is 4.34 Å². The summed E-state index contributed by atoms with van der Waals surface area (Å²) in [6, 6.07) is 3.90. The molecule has 0 saturated heterocycles. The molecule has 0 fully saturated rings. The highest BCUT2D eigenvalue weighted by Crippen LogP contribution is 2.29. The summed E-state index contributed by atoms with van der Waals surface area (Å²) in [4.78, 5) is 26.4. The van der Waals surface area contributed by atoms with Crippen LogP contribution in [0.3, 0.4) is 0 Å². The van der Waals surface area contributed by atoms with Gasteiger partial charge in [0.05, 0.1) is 20.9 Å². The van der Waals surface area contributed by atoms with Crippen molar-refractivity contribution in [3.05, 3.63) is 44.9 Å². The van der Waals surface area contributed by atoms with Crippen molar-refractivity contribution >= 4 is 52.0 Å². The van der Waals surface area contributed by atoms with E-state index in [9.17, 15) is 14.9 Å². The first-order valence-electron chi connectivity index (χ1n) is 5.78. The summed E-state index contributed by atoms with van der Waals surface area (Å²) in [6.45, 7) is 1.73. The molecule has 0 bridgehead atoms. The normalized spacial score (nSPS) is 11.9. The first kappa shape index (κ1) is 15.7. The van der Waals surface area contributed by atoms with Gasteiger partial charge in [-0.15, -0.1) is 11.3 Å². The number of non-ortho nitro benzene ring substituents is 1. The number of carbonyl (C=O) groups is 1. The fourth-order valence-corrected chi connectivity index (χ4v) is 3.37. The molecule has 2 rings (SSSR count). The predicted molar refractivity (Wildman–Crippen MR) is 84.2 cm³/mol. The minimum atomic E-state index is -0.542. The Labute approximate surface area is 133 Å². The van der Waals surface area contributed by atoms with Crippen molar-refractivity contribution in [1.29, 1.82) is 0 Å². The standard InChI is InChI=1S/C12H10ClN3O3S2/c1-7(21-12-14-4-5-20-12)11(17)15-10-6-8(16(18)19)2-3-9(10)13/h2-7H,1H3,(H,15,17). The van der Waals surface area contributed by atoms with Crippen LogP contribution in [0.4, 0.5) is 11.4 Å². The van der Waals surface area contributed by atoms with Gasteiger partial charge in [0.2, 0.25) is 5.91 Å². The lowest BCUT2D eigenvalue weighted by molar-refractivity contribution is -0.384. The van der Waals surface area contributed by atoms with Crippen LogP contribution in [-0.4, -0.2) is 21.1 Å². The molecule has 1 amide bonds. The highest BCUT2D eigenvalue weighted by molar-refractivity contribution is 8.02. The lowest BCUT2D eigenvalue weighted by atomic mass is 10.2. The van der Waals surface area contributed by atoms with Crippen molar-refractivity contribution in [2.75, 3.05) is 5.32 Å². The molecule has 0 aliphatic heterocycles. The number of anilines is 1. The number of thioether (sulfide) groups is 1. The lowest BCUT2D eigenvalue weighted by Crippen LogP contribution is -2.22. The third-order valence-corrected chi connectivity index (χ3v) is 4.82. The summed E-state index contributed by atoms with van der Waals surface area (Å²) in [7, 11) is 0. The number of nitrogens with zero attached hydrogens (tertiary/aromatic N) is 2. The second-order valence-corrected chi connectivity index (χ2v) is 6.86. The summed E-state index contributed by atoms with van der Waals surface area (Å²) in [5.41, 5.74) is 0.0948. The zero-order valence-electron chi connectivity index (χ0n) is 10.8. The second-order valence-electron chi connectivity index (χ2n) is 3.97. The van der Waals surface area contributed by atoms with Gasteiger partial charge in [0.1, 0.15) is 0 Å². The Morgan fingerprint density at radius 2 is 2.33 bits per heavy atom. The van der Waals surface area contributed by atoms with E-state index >= 15 is 0 Å².